The van der Waals surface area contributed by atoms with Crippen LogP contribution in [0.3, 0.4) is 0 Å². The predicted molar refractivity (Wildman–Crippen MR) is 93.6 cm³/mol. The minimum absolute atomic E-state index is 0.216. The fourth-order valence-electron chi connectivity index (χ4n) is 3.06. The van der Waals surface area contributed by atoms with Gasteiger partial charge in [0.1, 0.15) is 5.60 Å². The first-order valence-electron chi connectivity index (χ1n) is 8.46. The Labute approximate surface area is 140 Å². The van der Waals surface area contributed by atoms with E-state index in [0.717, 1.165) is 12.8 Å². The average Bonchev–Trinajstić information content (AvgIpc) is 2.32. The molecule has 1 aromatic carbocycles. The fraction of sp³-hybridized carbons (Fsp3) is 0.632. The van der Waals surface area contributed by atoms with Crippen molar-refractivity contribution >= 4 is 6.09 Å². The molecule has 1 saturated carbocycles. The summed E-state index contributed by atoms with van der Waals surface area (Å²) in [6.45, 7) is 12.1. The molecule has 0 spiro atoms. The van der Waals surface area contributed by atoms with Crippen LogP contribution in [0, 0.1) is 13.8 Å². The number of alkyl carbamates (subject to hydrolysis) is 1. The number of carbonyl (C=O) groups excluding carboxylic acids is 1. The number of hydrogen-bond acceptors (Lipinski definition) is 3. The van der Waals surface area contributed by atoms with Crippen LogP contribution in [0.25, 0.3) is 0 Å². The number of ether oxygens (including phenoxy) is 1. The van der Waals surface area contributed by atoms with Crippen molar-refractivity contribution in [2.75, 3.05) is 0 Å². The summed E-state index contributed by atoms with van der Waals surface area (Å²) in [5.74, 6) is 0. The normalized spacial score (nSPS) is 22.2. The second-order valence-corrected chi connectivity index (χ2v) is 7.82. The van der Waals surface area contributed by atoms with Gasteiger partial charge in [-0.15, -0.1) is 0 Å². The third kappa shape index (κ3) is 5.54. The van der Waals surface area contributed by atoms with Crippen molar-refractivity contribution in [2.45, 2.75) is 78.1 Å². The third-order valence-corrected chi connectivity index (χ3v) is 4.09. The first kappa shape index (κ1) is 17.8. The molecule has 1 aliphatic rings. The van der Waals surface area contributed by atoms with Gasteiger partial charge in [-0.2, -0.15) is 0 Å². The third-order valence-electron chi connectivity index (χ3n) is 4.09. The van der Waals surface area contributed by atoms with Gasteiger partial charge in [-0.1, -0.05) is 29.3 Å². The van der Waals surface area contributed by atoms with Gasteiger partial charge in [-0.25, -0.2) is 4.79 Å². The van der Waals surface area contributed by atoms with E-state index in [2.05, 4.69) is 49.6 Å². The van der Waals surface area contributed by atoms with Gasteiger partial charge in [-0.3, -0.25) is 0 Å². The van der Waals surface area contributed by atoms with Crippen molar-refractivity contribution in [1.82, 2.24) is 10.6 Å². The van der Waals surface area contributed by atoms with Crippen molar-refractivity contribution < 1.29 is 9.53 Å². The Balaban J connectivity index is 1.76. The Bertz CT molecular complexity index is 537. The van der Waals surface area contributed by atoms with Crippen molar-refractivity contribution in [2.24, 2.45) is 0 Å². The second-order valence-electron chi connectivity index (χ2n) is 7.82. The van der Waals surface area contributed by atoms with Crippen LogP contribution in [-0.4, -0.2) is 23.8 Å². The molecule has 1 unspecified atom stereocenters. The van der Waals surface area contributed by atoms with Crippen molar-refractivity contribution in [3.8, 4) is 0 Å². The summed E-state index contributed by atoms with van der Waals surface area (Å²) in [6.07, 6.45) is 1.59. The number of aryl methyl sites for hydroxylation is 2. The molecule has 128 valence electrons. The Morgan fingerprint density at radius 1 is 1.13 bits per heavy atom. The zero-order chi connectivity index (χ0) is 17.2. The highest BCUT2D eigenvalue weighted by Crippen LogP contribution is 2.25. The monoisotopic (exact) mass is 318 g/mol. The molecule has 1 aromatic rings. The lowest BCUT2D eigenvalue weighted by Gasteiger charge is -2.38. The van der Waals surface area contributed by atoms with E-state index in [-0.39, 0.29) is 12.1 Å². The molecule has 0 radical (unpaired) electrons. The molecule has 2 rings (SSSR count). The molecule has 1 amide bonds. The molecular weight excluding hydrogens is 288 g/mol. The van der Waals surface area contributed by atoms with E-state index in [4.69, 9.17) is 4.74 Å². The molecule has 2 N–H and O–H groups in total. The number of nitrogens with one attached hydrogen (secondary N) is 2. The Kier molecular flexibility index (Phi) is 5.35. The standard InChI is InChI=1S/C19H30N2O2/c1-12-7-13(2)9-15(8-12)14(3)20-16-10-17(11-16)21-18(22)23-19(4,5)6/h7-9,14,16-17,20H,10-11H2,1-6H3,(H,21,22). The summed E-state index contributed by atoms with van der Waals surface area (Å²) in [6, 6.07) is 7.65. The zero-order valence-corrected chi connectivity index (χ0v) is 15.2. The van der Waals surface area contributed by atoms with Gasteiger partial charge in [0.25, 0.3) is 0 Å². The topological polar surface area (TPSA) is 50.4 Å². The lowest BCUT2D eigenvalue weighted by Crippen LogP contribution is -2.53. The molecule has 23 heavy (non-hydrogen) atoms. The van der Waals surface area contributed by atoms with Crippen molar-refractivity contribution in [3.05, 3.63) is 34.9 Å². The average molecular weight is 318 g/mol. The molecule has 0 bridgehead atoms. The first-order valence-corrected chi connectivity index (χ1v) is 8.46. The molecule has 1 fully saturated rings. The van der Waals surface area contributed by atoms with Crippen LogP contribution in [0.5, 0.6) is 0 Å². The first-order chi connectivity index (χ1) is 10.6. The van der Waals surface area contributed by atoms with Gasteiger partial charge >= 0.3 is 6.09 Å². The van der Waals surface area contributed by atoms with Crippen LogP contribution >= 0.6 is 0 Å². The van der Waals surface area contributed by atoms with Crippen molar-refractivity contribution in [3.63, 3.8) is 0 Å². The van der Waals surface area contributed by atoms with E-state index >= 15 is 0 Å². The van der Waals surface area contributed by atoms with Crippen LogP contribution in [0.15, 0.2) is 18.2 Å². The van der Waals surface area contributed by atoms with Crippen LogP contribution < -0.4 is 10.6 Å². The molecule has 1 aliphatic carbocycles. The molecule has 4 heteroatoms. The minimum atomic E-state index is -0.441. The Hall–Kier alpha value is -1.55. The number of rotatable bonds is 4. The van der Waals surface area contributed by atoms with Gasteiger partial charge in [0, 0.05) is 18.1 Å². The van der Waals surface area contributed by atoms with Crippen LogP contribution in [0.4, 0.5) is 4.79 Å². The molecule has 0 aliphatic heterocycles. The van der Waals surface area contributed by atoms with E-state index in [1.807, 2.05) is 20.8 Å². The summed E-state index contributed by atoms with van der Waals surface area (Å²) in [5.41, 5.74) is 3.48. The lowest BCUT2D eigenvalue weighted by atomic mass is 9.86. The molecule has 0 saturated heterocycles. The smallest absolute Gasteiger partial charge is 0.407 e. The highest BCUT2D eigenvalue weighted by atomic mass is 16.6. The minimum Gasteiger partial charge on any atom is -0.444 e. The quantitative estimate of drug-likeness (QED) is 0.882. The summed E-state index contributed by atoms with van der Waals surface area (Å²) in [5, 5.41) is 6.58. The van der Waals surface area contributed by atoms with Crippen LogP contribution in [0.2, 0.25) is 0 Å². The Morgan fingerprint density at radius 2 is 1.70 bits per heavy atom. The van der Waals surface area contributed by atoms with E-state index in [9.17, 15) is 4.79 Å². The maximum Gasteiger partial charge on any atom is 0.407 e. The maximum absolute atomic E-state index is 11.7. The van der Waals surface area contributed by atoms with Crippen LogP contribution in [0.1, 0.15) is 63.3 Å². The van der Waals surface area contributed by atoms with Gasteiger partial charge in [0.15, 0.2) is 0 Å². The number of carbonyl (C=O) groups is 1. The van der Waals surface area contributed by atoms with E-state index < -0.39 is 5.60 Å². The predicted octanol–water partition coefficient (Wildman–Crippen LogP) is 4.01. The highest BCUT2D eigenvalue weighted by molar-refractivity contribution is 5.68. The zero-order valence-electron chi connectivity index (χ0n) is 15.2. The van der Waals surface area contributed by atoms with E-state index in [0.29, 0.717) is 12.1 Å². The van der Waals surface area contributed by atoms with E-state index in [1.165, 1.54) is 16.7 Å². The number of hydrogen-bond donors (Lipinski definition) is 2. The molecular formula is C19H30N2O2. The van der Waals surface area contributed by atoms with E-state index in [1.54, 1.807) is 0 Å². The van der Waals surface area contributed by atoms with Gasteiger partial charge in [0.2, 0.25) is 0 Å². The van der Waals surface area contributed by atoms with Gasteiger partial charge in [-0.05, 0) is 59.9 Å². The largest absolute Gasteiger partial charge is 0.444 e. The second kappa shape index (κ2) is 6.91. The van der Waals surface area contributed by atoms with Crippen LogP contribution in [-0.2, 0) is 4.74 Å². The van der Waals surface area contributed by atoms with Gasteiger partial charge < -0.3 is 15.4 Å². The molecule has 1 atom stereocenters. The summed E-state index contributed by atoms with van der Waals surface area (Å²) in [4.78, 5) is 11.7. The highest BCUT2D eigenvalue weighted by Gasteiger charge is 2.32. The molecule has 4 nitrogen and oxygen atoms in total. The summed E-state index contributed by atoms with van der Waals surface area (Å²) >= 11 is 0. The maximum atomic E-state index is 11.7. The molecule has 0 aromatic heterocycles. The summed E-state index contributed by atoms with van der Waals surface area (Å²) in [7, 11) is 0. The number of amides is 1. The SMILES string of the molecule is Cc1cc(C)cc(C(C)NC2CC(NC(=O)OC(C)(C)C)C2)c1. The number of benzene rings is 1. The van der Waals surface area contributed by atoms with Gasteiger partial charge in [0.05, 0.1) is 0 Å². The van der Waals surface area contributed by atoms with Crippen molar-refractivity contribution in [1.29, 1.82) is 0 Å². The molecule has 0 heterocycles. The lowest BCUT2D eigenvalue weighted by molar-refractivity contribution is 0.0463. The fourth-order valence-corrected chi connectivity index (χ4v) is 3.06. The Morgan fingerprint density at radius 3 is 2.22 bits per heavy atom. The summed E-state index contributed by atoms with van der Waals surface area (Å²) < 4.78 is 5.29.